The first kappa shape index (κ1) is 13.0. The van der Waals surface area contributed by atoms with Gasteiger partial charge in [-0.05, 0) is 48.9 Å². The zero-order valence-corrected chi connectivity index (χ0v) is 11.8. The Morgan fingerprint density at radius 3 is 2.89 bits per heavy atom. The summed E-state index contributed by atoms with van der Waals surface area (Å²) in [4.78, 5) is 12.6. The highest BCUT2D eigenvalue weighted by Gasteiger charge is 2.26. The van der Waals surface area contributed by atoms with Crippen LogP contribution in [0.1, 0.15) is 37.2 Å². The van der Waals surface area contributed by atoms with Crippen molar-refractivity contribution in [1.82, 2.24) is 0 Å². The van der Waals surface area contributed by atoms with Gasteiger partial charge in [-0.15, -0.1) is 11.8 Å². The van der Waals surface area contributed by atoms with Gasteiger partial charge < -0.3 is 11.1 Å². The highest BCUT2D eigenvalue weighted by atomic mass is 32.2. The number of rotatable bonds is 3. The van der Waals surface area contributed by atoms with Crippen LogP contribution in [0.2, 0.25) is 0 Å². The second-order valence-corrected chi connectivity index (χ2v) is 6.50. The molecule has 19 heavy (non-hydrogen) atoms. The molecule has 1 unspecified atom stereocenters. The maximum Gasteiger partial charge on any atom is 0.234 e. The minimum absolute atomic E-state index is 0.0971. The van der Waals surface area contributed by atoms with Crippen LogP contribution in [0.4, 0.5) is 5.69 Å². The molecule has 0 spiro atoms. The van der Waals surface area contributed by atoms with Crippen LogP contribution in [0.25, 0.3) is 0 Å². The van der Waals surface area contributed by atoms with Gasteiger partial charge in [0.15, 0.2) is 0 Å². The number of hydrogen-bond donors (Lipinski definition) is 2. The number of benzene rings is 1. The van der Waals surface area contributed by atoms with E-state index in [4.69, 9.17) is 5.73 Å². The minimum atomic E-state index is 0.0971. The molecule has 0 saturated heterocycles. The summed E-state index contributed by atoms with van der Waals surface area (Å²) in [5.41, 5.74) is 8.25. The van der Waals surface area contributed by atoms with E-state index in [-0.39, 0.29) is 5.91 Å². The molecule has 3 nitrogen and oxygen atoms in total. The number of carbonyl (C=O) groups excluding carboxylic acids is 1. The average Bonchev–Trinajstić information content (AvgIpc) is 2.93. The van der Waals surface area contributed by atoms with Gasteiger partial charge in [-0.3, -0.25) is 4.79 Å². The lowest BCUT2D eigenvalue weighted by atomic mass is 9.85. The molecule has 3 rings (SSSR count). The largest absolute Gasteiger partial charge is 0.330 e. The van der Waals surface area contributed by atoms with Crippen molar-refractivity contribution in [2.75, 3.05) is 17.6 Å². The third kappa shape index (κ3) is 2.65. The molecule has 2 aliphatic rings. The average molecular weight is 276 g/mol. The summed E-state index contributed by atoms with van der Waals surface area (Å²) in [7, 11) is 0. The molecule has 3 N–H and O–H groups in total. The Bertz CT molecular complexity index is 483. The summed E-state index contributed by atoms with van der Waals surface area (Å²) in [6.07, 6.45) is 5.25. The zero-order chi connectivity index (χ0) is 13.2. The Hall–Kier alpha value is -1.000. The topological polar surface area (TPSA) is 55.1 Å². The molecule has 1 atom stereocenters. The van der Waals surface area contributed by atoms with Gasteiger partial charge in [-0.2, -0.15) is 0 Å². The van der Waals surface area contributed by atoms with Crippen molar-refractivity contribution in [3.8, 4) is 0 Å². The van der Waals surface area contributed by atoms with E-state index in [1.54, 1.807) is 11.8 Å². The monoisotopic (exact) mass is 276 g/mol. The number of nitrogens with one attached hydrogen (secondary N) is 1. The second-order valence-electron chi connectivity index (χ2n) is 5.48. The summed E-state index contributed by atoms with van der Waals surface area (Å²) in [6.45, 7) is 0.699. The third-order valence-electron chi connectivity index (χ3n) is 4.29. The number of amides is 1. The Morgan fingerprint density at radius 1 is 1.37 bits per heavy atom. The number of thioether (sulfide) groups is 1. The van der Waals surface area contributed by atoms with Crippen LogP contribution < -0.4 is 11.1 Å². The third-order valence-corrected chi connectivity index (χ3v) is 5.36. The summed E-state index contributed by atoms with van der Waals surface area (Å²) < 4.78 is 0. The second kappa shape index (κ2) is 5.55. The van der Waals surface area contributed by atoms with Gasteiger partial charge in [0.05, 0.1) is 11.4 Å². The molecule has 0 aromatic heterocycles. The molecule has 1 aromatic rings. The molecule has 1 saturated carbocycles. The molecule has 1 aliphatic carbocycles. The molecule has 102 valence electrons. The molecular weight excluding hydrogens is 256 g/mol. The molecule has 1 aliphatic heterocycles. The lowest BCUT2D eigenvalue weighted by molar-refractivity contribution is -0.113. The predicted octanol–water partition coefficient (Wildman–Crippen LogP) is 2.96. The summed E-state index contributed by atoms with van der Waals surface area (Å²) in [5.74, 6) is 1.78. The fourth-order valence-electron chi connectivity index (χ4n) is 3.29. The Labute approximate surface area is 118 Å². The maximum absolute atomic E-state index is 11.5. The van der Waals surface area contributed by atoms with Gasteiger partial charge in [0.1, 0.15) is 0 Å². The van der Waals surface area contributed by atoms with E-state index in [0.717, 1.165) is 11.6 Å². The summed E-state index contributed by atoms with van der Waals surface area (Å²) in [6, 6.07) is 6.46. The van der Waals surface area contributed by atoms with Gasteiger partial charge >= 0.3 is 0 Å². The first-order valence-electron chi connectivity index (χ1n) is 7.04. The molecule has 0 radical (unpaired) electrons. The molecular formula is C15H20N2OS. The number of carbonyl (C=O) groups is 1. The van der Waals surface area contributed by atoms with Gasteiger partial charge in [0.25, 0.3) is 0 Å². The Balaban J connectivity index is 1.87. The van der Waals surface area contributed by atoms with Crippen LogP contribution in [0.3, 0.4) is 0 Å². The Morgan fingerprint density at radius 2 is 2.16 bits per heavy atom. The lowest BCUT2D eigenvalue weighted by Crippen LogP contribution is -2.22. The highest BCUT2D eigenvalue weighted by Crippen LogP contribution is 2.39. The van der Waals surface area contributed by atoms with Crippen molar-refractivity contribution in [3.05, 3.63) is 23.8 Å². The van der Waals surface area contributed by atoms with Crippen molar-refractivity contribution < 1.29 is 4.79 Å². The van der Waals surface area contributed by atoms with Crippen molar-refractivity contribution in [2.24, 2.45) is 11.7 Å². The SMILES string of the molecule is NCC(c1ccc2c(c1)NC(=O)CS2)C1CCCC1. The first-order chi connectivity index (χ1) is 9.28. The van der Waals surface area contributed by atoms with Crippen LogP contribution >= 0.6 is 11.8 Å². The smallest absolute Gasteiger partial charge is 0.234 e. The molecule has 1 amide bonds. The van der Waals surface area contributed by atoms with Gasteiger partial charge in [-0.25, -0.2) is 0 Å². The molecule has 4 heteroatoms. The normalized spacial score (nSPS) is 21.0. The quantitative estimate of drug-likeness (QED) is 0.892. The Kier molecular flexibility index (Phi) is 3.80. The van der Waals surface area contributed by atoms with E-state index in [1.807, 2.05) is 0 Å². The van der Waals surface area contributed by atoms with Gasteiger partial charge in [-0.1, -0.05) is 18.9 Å². The molecule has 0 bridgehead atoms. The number of anilines is 1. The lowest BCUT2D eigenvalue weighted by Gasteiger charge is -2.24. The van der Waals surface area contributed by atoms with E-state index >= 15 is 0 Å². The standard InChI is InChI=1S/C15H20N2OS/c16-8-12(10-3-1-2-4-10)11-5-6-14-13(7-11)17-15(18)9-19-14/h5-7,10,12H,1-4,8-9,16H2,(H,17,18). The van der Waals surface area contributed by atoms with Crippen molar-refractivity contribution in [1.29, 1.82) is 0 Å². The van der Waals surface area contributed by atoms with Crippen LogP contribution in [-0.4, -0.2) is 18.2 Å². The van der Waals surface area contributed by atoms with E-state index in [1.165, 1.54) is 36.1 Å². The van der Waals surface area contributed by atoms with Gasteiger partial charge in [0, 0.05) is 4.90 Å². The van der Waals surface area contributed by atoms with Crippen LogP contribution in [-0.2, 0) is 4.79 Å². The van der Waals surface area contributed by atoms with Crippen molar-refractivity contribution in [2.45, 2.75) is 36.5 Å². The fourth-order valence-corrected chi connectivity index (χ4v) is 4.08. The van der Waals surface area contributed by atoms with Crippen LogP contribution in [0, 0.1) is 5.92 Å². The minimum Gasteiger partial charge on any atom is -0.330 e. The summed E-state index contributed by atoms with van der Waals surface area (Å²) >= 11 is 1.61. The highest BCUT2D eigenvalue weighted by molar-refractivity contribution is 8.00. The van der Waals surface area contributed by atoms with E-state index in [0.29, 0.717) is 18.2 Å². The van der Waals surface area contributed by atoms with Crippen molar-refractivity contribution >= 4 is 23.4 Å². The zero-order valence-electron chi connectivity index (χ0n) is 11.0. The van der Waals surface area contributed by atoms with Crippen LogP contribution in [0.15, 0.2) is 23.1 Å². The number of nitrogens with two attached hydrogens (primary N) is 1. The van der Waals surface area contributed by atoms with Crippen molar-refractivity contribution in [3.63, 3.8) is 0 Å². The predicted molar refractivity (Wildman–Crippen MR) is 79.5 cm³/mol. The maximum atomic E-state index is 11.5. The van der Waals surface area contributed by atoms with Crippen LogP contribution in [0.5, 0.6) is 0 Å². The number of hydrogen-bond acceptors (Lipinski definition) is 3. The molecule has 1 fully saturated rings. The van der Waals surface area contributed by atoms with Gasteiger partial charge in [0.2, 0.25) is 5.91 Å². The fraction of sp³-hybridized carbons (Fsp3) is 0.533. The van der Waals surface area contributed by atoms with E-state index < -0.39 is 0 Å². The summed E-state index contributed by atoms with van der Waals surface area (Å²) in [5, 5.41) is 2.97. The first-order valence-corrected chi connectivity index (χ1v) is 8.03. The molecule has 1 aromatic carbocycles. The molecule has 1 heterocycles. The van der Waals surface area contributed by atoms with E-state index in [2.05, 4.69) is 23.5 Å². The van der Waals surface area contributed by atoms with E-state index in [9.17, 15) is 4.79 Å². The number of fused-ring (bicyclic) bond motifs is 1.